The van der Waals surface area contributed by atoms with Crippen LogP contribution in [-0.4, -0.2) is 70.1 Å². The van der Waals surface area contributed by atoms with Crippen molar-refractivity contribution in [3.05, 3.63) is 53.4 Å². The van der Waals surface area contributed by atoms with E-state index >= 15 is 0 Å². The first-order valence-corrected chi connectivity index (χ1v) is 12.6. The summed E-state index contributed by atoms with van der Waals surface area (Å²) < 4.78 is 5.47. The number of anilines is 1. The van der Waals surface area contributed by atoms with Gasteiger partial charge in [-0.3, -0.25) is 24.3 Å². The molecule has 0 aromatic carbocycles. The van der Waals surface area contributed by atoms with Crippen LogP contribution in [0.15, 0.2) is 47.2 Å². The Balaban J connectivity index is 0.00000361. The Labute approximate surface area is 220 Å². The SMILES string of the molecule is CCN(CC)C(=O)C1CCCN(CC(=O)Nc2nc(-c3ccco3)c(C(=O)c3ccccn3)s2)C1.Cl. The lowest BCUT2D eigenvalue weighted by Crippen LogP contribution is -2.46. The average molecular weight is 532 g/mol. The van der Waals surface area contributed by atoms with E-state index in [1.807, 2.05) is 23.6 Å². The van der Waals surface area contributed by atoms with E-state index in [0.717, 1.165) is 30.7 Å². The maximum Gasteiger partial charge on any atom is 0.240 e. The van der Waals surface area contributed by atoms with Gasteiger partial charge in [0.05, 0.1) is 18.7 Å². The van der Waals surface area contributed by atoms with Gasteiger partial charge in [0.25, 0.3) is 0 Å². The summed E-state index contributed by atoms with van der Waals surface area (Å²) in [6.45, 7) is 6.81. The number of ketones is 1. The number of hydrogen-bond acceptors (Lipinski definition) is 8. The fourth-order valence-corrected chi connectivity index (χ4v) is 5.21. The van der Waals surface area contributed by atoms with Crippen molar-refractivity contribution in [2.24, 2.45) is 5.92 Å². The molecule has 1 fully saturated rings. The van der Waals surface area contributed by atoms with Crippen LogP contribution in [0.1, 0.15) is 42.1 Å². The number of piperidine rings is 1. The number of thiazole rings is 1. The zero-order chi connectivity index (χ0) is 24.8. The highest BCUT2D eigenvalue weighted by atomic mass is 35.5. The second-order valence-corrected chi connectivity index (χ2v) is 9.35. The monoisotopic (exact) mass is 531 g/mol. The third-order valence-corrected chi connectivity index (χ3v) is 7.00. The Morgan fingerprint density at radius 1 is 1.19 bits per heavy atom. The zero-order valence-corrected chi connectivity index (χ0v) is 21.9. The number of pyridine rings is 1. The predicted molar refractivity (Wildman–Crippen MR) is 140 cm³/mol. The van der Waals surface area contributed by atoms with Crippen LogP contribution in [0.25, 0.3) is 11.5 Å². The Hall–Kier alpha value is -3.08. The third-order valence-electron chi connectivity index (χ3n) is 6.03. The fraction of sp³-hybridized carbons (Fsp3) is 0.400. The maximum atomic E-state index is 13.1. The third kappa shape index (κ3) is 6.37. The van der Waals surface area contributed by atoms with E-state index in [-0.39, 0.29) is 42.5 Å². The number of likely N-dealkylation sites (tertiary alicyclic amines) is 1. The number of halogens is 1. The molecule has 2 amide bonds. The van der Waals surface area contributed by atoms with Crippen LogP contribution in [0.3, 0.4) is 0 Å². The van der Waals surface area contributed by atoms with Crippen molar-refractivity contribution in [3.63, 3.8) is 0 Å². The van der Waals surface area contributed by atoms with E-state index in [0.29, 0.717) is 46.8 Å². The maximum absolute atomic E-state index is 13.1. The molecule has 3 aromatic heterocycles. The smallest absolute Gasteiger partial charge is 0.240 e. The van der Waals surface area contributed by atoms with Crippen LogP contribution in [0.5, 0.6) is 0 Å². The first-order chi connectivity index (χ1) is 17.0. The first-order valence-electron chi connectivity index (χ1n) is 11.8. The van der Waals surface area contributed by atoms with Crippen molar-refractivity contribution in [1.29, 1.82) is 0 Å². The quantitative estimate of drug-likeness (QED) is 0.416. The molecule has 0 radical (unpaired) electrons. The highest BCUT2D eigenvalue weighted by Gasteiger charge is 2.29. The molecule has 9 nitrogen and oxygen atoms in total. The molecule has 192 valence electrons. The van der Waals surface area contributed by atoms with Gasteiger partial charge < -0.3 is 14.6 Å². The second kappa shape index (κ2) is 12.8. The van der Waals surface area contributed by atoms with Crippen LogP contribution in [-0.2, 0) is 9.59 Å². The summed E-state index contributed by atoms with van der Waals surface area (Å²) in [5.74, 6) is -0.0265. The zero-order valence-electron chi connectivity index (χ0n) is 20.3. The van der Waals surface area contributed by atoms with Crippen LogP contribution >= 0.6 is 23.7 Å². The molecule has 1 N–H and O–H groups in total. The number of carbonyl (C=O) groups is 3. The van der Waals surface area contributed by atoms with E-state index in [1.165, 1.54) is 6.26 Å². The molecule has 0 aliphatic carbocycles. The predicted octanol–water partition coefficient (Wildman–Crippen LogP) is 3.97. The van der Waals surface area contributed by atoms with E-state index in [1.54, 1.807) is 36.5 Å². The Kier molecular flexibility index (Phi) is 9.74. The van der Waals surface area contributed by atoms with Gasteiger partial charge in [0.2, 0.25) is 17.6 Å². The van der Waals surface area contributed by atoms with Crippen molar-refractivity contribution in [3.8, 4) is 11.5 Å². The Morgan fingerprint density at radius 3 is 2.67 bits per heavy atom. The molecule has 3 aromatic rings. The van der Waals surface area contributed by atoms with Gasteiger partial charge in [-0.25, -0.2) is 4.98 Å². The minimum Gasteiger partial charge on any atom is -0.463 e. The van der Waals surface area contributed by atoms with E-state index in [9.17, 15) is 14.4 Å². The molecule has 4 rings (SSSR count). The number of hydrogen-bond donors (Lipinski definition) is 1. The highest BCUT2D eigenvalue weighted by molar-refractivity contribution is 7.18. The molecule has 1 aliphatic rings. The van der Waals surface area contributed by atoms with Gasteiger partial charge in [0, 0.05) is 25.8 Å². The fourth-order valence-electron chi connectivity index (χ4n) is 4.28. The summed E-state index contributed by atoms with van der Waals surface area (Å²) in [5, 5.41) is 3.14. The number of aromatic nitrogens is 2. The molecule has 0 spiro atoms. The van der Waals surface area contributed by atoms with Crippen molar-refractivity contribution in [2.45, 2.75) is 26.7 Å². The van der Waals surface area contributed by atoms with Gasteiger partial charge in [0.15, 0.2) is 10.9 Å². The topological polar surface area (TPSA) is 109 Å². The van der Waals surface area contributed by atoms with Gasteiger partial charge in [-0.2, -0.15) is 0 Å². The molecule has 0 saturated carbocycles. The lowest BCUT2D eigenvalue weighted by Gasteiger charge is -2.34. The van der Waals surface area contributed by atoms with E-state index in [2.05, 4.69) is 15.3 Å². The largest absolute Gasteiger partial charge is 0.463 e. The molecular formula is C25H30ClN5O4S. The number of amides is 2. The van der Waals surface area contributed by atoms with Gasteiger partial charge in [-0.15, -0.1) is 12.4 Å². The van der Waals surface area contributed by atoms with E-state index in [4.69, 9.17) is 4.42 Å². The minimum absolute atomic E-state index is 0. The lowest BCUT2D eigenvalue weighted by molar-refractivity contribution is -0.137. The molecule has 4 heterocycles. The second-order valence-electron chi connectivity index (χ2n) is 8.35. The Bertz CT molecular complexity index is 1160. The van der Waals surface area contributed by atoms with Gasteiger partial charge in [-0.05, 0) is 57.5 Å². The van der Waals surface area contributed by atoms with E-state index < -0.39 is 0 Å². The first kappa shape index (κ1) is 27.5. The number of carbonyl (C=O) groups excluding carboxylic acids is 3. The van der Waals surface area contributed by atoms with Crippen molar-refractivity contribution >= 4 is 46.5 Å². The van der Waals surface area contributed by atoms with Crippen LogP contribution in [0.4, 0.5) is 5.13 Å². The number of nitrogens with one attached hydrogen (secondary N) is 1. The lowest BCUT2D eigenvalue weighted by atomic mass is 9.96. The molecule has 1 unspecified atom stereocenters. The van der Waals surface area contributed by atoms with Gasteiger partial charge in [0.1, 0.15) is 16.3 Å². The van der Waals surface area contributed by atoms with Crippen molar-refractivity contribution < 1.29 is 18.8 Å². The van der Waals surface area contributed by atoms with Crippen molar-refractivity contribution in [1.82, 2.24) is 19.8 Å². The molecule has 0 bridgehead atoms. The van der Waals surface area contributed by atoms with Crippen LogP contribution in [0.2, 0.25) is 0 Å². The van der Waals surface area contributed by atoms with Crippen LogP contribution < -0.4 is 5.32 Å². The van der Waals surface area contributed by atoms with Crippen LogP contribution in [0, 0.1) is 5.92 Å². The summed E-state index contributed by atoms with van der Waals surface area (Å²) in [5.41, 5.74) is 0.660. The number of rotatable bonds is 9. The highest BCUT2D eigenvalue weighted by Crippen LogP contribution is 2.33. The molecule has 1 aliphatic heterocycles. The number of nitrogens with zero attached hydrogens (tertiary/aromatic N) is 4. The molecule has 11 heteroatoms. The summed E-state index contributed by atoms with van der Waals surface area (Å²) in [6, 6.07) is 8.56. The Morgan fingerprint density at radius 2 is 2.00 bits per heavy atom. The molecule has 36 heavy (non-hydrogen) atoms. The molecular weight excluding hydrogens is 502 g/mol. The average Bonchev–Trinajstić information content (AvgIpc) is 3.55. The standard InChI is InChI=1S/C25H29N5O4S.ClH/c1-3-30(4-2)24(33)17-9-7-13-29(15-17)16-20(31)27-25-28-21(19-11-8-14-34-19)23(35-25)22(32)18-10-5-6-12-26-18;/h5-6,8,10-12,14,17H,3-4,7,9,13,15-16H2,1-2H3,(H,27,28,31);1H. The normalized spacial score (nSPS) is 15.7. The summed E-state index contributed by atoms with van der Waals surface area (Å²) in [7, 11) is 0. The summed E-state index contributed by atoms with van der Waals surface area (Å²) in [6.07, 6.45) is 4.77. The van der Waals surface area contributed by atoms with Crippen molar-refractivity contribution in [2.75, 3.05) is 38.0 Å². The molecule has 1 saturated heterocycles. The summed E-state index contributed by atoms with van der Waals surface area (Å²) in [4.78, 5) is 51.5. The number of furan rings is 1. The summed E-state index contributed by atoms with van der Waals surface area (Å²) >= 11 is 1.09. The van der Waals surface area contributed by atoms with Gasteiger partial charge in [-0.1, -0.05) is 17.4 Å². The minimum atomic E-state index is -0.288. The molecule has 1 atom stereocenters. The van der Waals surface area contributed by atoms with Gasteiger partial charge >= 0.3 is 0 Å².